The highest BCUT2D eigenvalue weighted by Gasteiger charge is 2.28. The molecule has 3 rings (SSSR count). The number of nitrogens with one attached hydrogen (secondary N) is 2. The molecule has 0 radical (unpaired) electrons. The Bertz CT molecular complexity index is 836. The van der Waals surface area contributed by atoms with Crippen LogP contribution in [-0.2, 0) is 9.59 Å². The number of benzene rings is 1. The number of carbonyl (C=O) groups excluding carboxylic acids is 2. The lowest BCUT2D eigenvalue weighted by atomic mass is 10.1. The van der Waals surface area contributed by atoms with E-state index < -0.39 is 12.0 Å². The fraction of sp³-hybridized carbons (Fsp3) is 0.471. The van der Waals surface area contributed by atoms with Gasteiger partial charge in [-0.25, -0.2) is 4.68 Å². The van der Waals surface area contributed by atoms with Crippen LogP contribution in [0.2, 0.25) is 0 Å². The van der Waals surface area contributed by atoms with Gasteiger partial charge >= 0.3 is 0 Å². The minimum atomic E-state index is -0.749. The number of carbonyl (C=O) groups is 2. The number of hydrogen-bond acceptors (Lipinski definition) is 7. The molecule has 1 heterocycles. The summed E-state index contributed by atoms with van der Waals surface area (Å²) in [6.45, 7) is 5.54. The average Bonchev–Trinajstić information content (AvgIpc) is 3.39. The van der Waals surface area contributed by atoms with Crippen LogP contribution >= 0.6 is 11.8 Å². The first-order valence-corrected chi connectivity index (χ1v) is 9.66. The van der Waals surface area contributed by atoms with Crippen molar-refractivity contribution in [3.8, 4) is 5.75 Å². The van der Waals surface area contributed by atoms with E-state index in [1.165, 1.54) is 11.8 Å². The molecule has 1 aliphatic rings. The molecule has 0 saturated heterocycles. The average molecular weight is 390 g/mol. The standard InChI is InChI=1S/C17H22N6O3S/c1-10-5-4-6-14(11(10)2)26-12(3)16(25)19-18-15(24)9-27-17-20-21-22-23(17)13-7-8-13/h4-6,12-13H,7-9H2,1-3H3,(H,18,24)(H,19,25). The normalized spacial score (nSPS) is 14.5. The van der Waals surface area contributed by atoms with Crippen molar-refractivity contribution in [3.05, 3.63) is 29.3 Å². The Morgan fingerprint density at radius 3 is 2.85 bits per heavy atom. The van der Waals surface area contributed by atoms with Crippen LogP contribution in [0, 0.1) is 13.8 Å². The highest BCUT2D eigenvalue weighted by atomic mass is 32.2. The first-order valence-electron chi connectivity index (χ1n) is 8.68. The molecule has 1 atom stereocenters. The van der Waals surface area contributed by atoms with Crippen molar-refractivity contribution in [2.45, 2.75) is 50.9 Å². The van der Waals surface area contributed by atoms with E-state index in [2.05, 4.69) is 26.4 Å². The minimum absolute atomic E-state index is 0.0968. The van der Waals surface area contributed by atoms with E-state index in [9.17, 15) is 9.59 Å². The molecule has 2 aromatic rings. The molecule has 1 unspecified atom stereocenters. The van der Waals surface area contributed by atoms with Crippen molar-refractivity contribution in [1.29, 1.82) is 0 Å². The number of thioether (sulfide) groups is 1. The number of ether oxygens (including phenoxy) is 1. The van der Waals surface area contributed by atoms with Crippen LogP contribution in [0.1, 0.15) is 36.9 Å². The van der Waals surface area contributed by atoms with Gasteiger partial charge in [0.05, 0.1) is 11.8 Å². The molecule has 2 N–H and O–H groups in total. The van der Waals surface area contributed by atoms with Crippen molar-refractivity contribution < 1.29 is 14.3 Å². The Kier molecular flexibility index (Phi) is 5.94. The summed E-state index contributed by atoms with van der Waals surface area (Å²) in [5.41, 5.74) is 6.83. The summed E-state index contributed by atoms with van der Waals surface area (Å²) >= 11 is 1.23. The van der Waals surface area contributed by atoms with Crippen LogP contribution in [0.25, 0.3) is 0 Å². The second-order valence-corrected chi connectivity index (χ2v) is 7.36. The SMILES string of the molecule is Cc1cccc(OC(C)C(=O)NNC(=O)CSc2nnnn2C2CC2)c1C. The van der Waals surface area contributed by atoms with Crippen LogP contribution in [0.5, 0.6) is 5.75 Å². The lowest BCUT2D eigenvalue weighted by Crippen LogP contribution is -2.47. The van der Waals surface area contributed by atoms with E-state index in [0.717, 1.165) is 24.0 Å². The molecular formula is C17H22N6O3S. The van der Waals surface area contributed by atoms with Gasteiger partial charge in [0.1, 0.15) is 5.75 Å². The molecule has 1 aliphatic carbocycles. The number of amides is 2. The Labute approximate surface area is 161 Å². The Morgan fingerprint density at radius 1 is 1.33 bits per heavy atom. The molecule has 144 valence electrons. The monoisotopic (exact) mass is 390 g/mol. The van der Waals surface area contributed by atoms with Gasteiger partial charge in [-0.2, -0.15) is 0 Å². The summed E-state index contributed by atoms with van der Waals surface area (Å²) in [6, 6.07) is 6.00. The fourth-order valence-corrected chi connectivity index (χ4v) is 3.07. The van der Waals surface area contributed by atoms with Crippen molar-refractivity contribution in [2.24, 2.45) is 0 Å². The van der Waals surface area contributed by atoms with E-state index in [1.807, 2.05) is 32.0 Å². The number of hydrogen-bond donors (Lipinski definition) is 2. The highest BCUT2D eigenvalue weighted by Crippen LogP contribution is 2.36. The molecule has 2 amide bonds. The predicted molar refractivity (Wildman–Crippen MR) is 99.1 cm³/mol. The lowest BCUT2D eigenvalue weighted by molar-refractivity contribution is -0.131. The van der Waals surface area contributed by atoms with E-state index in [0.29, 0.717) is 16.9 Å². The number of rotatable bonds is 7. The zero-order valence-electron chi connectivity index (χ0n) is 15.4. The molecule has 1 fully saturated rings. The largest absolute Gasteiger partial charge is 0.481 e. The van der Waals surface area contributed by atoms with Gasteiger partial charge in [-0.05, 0) is 61.2 Å². The van der Waals surface area contributed by atoms with Gasteiger partial charge in [-0.1, -0.05) is 23.9 Å². The maximum Gasteiger partial charge on any atom is 0.279 e. The Balaban J connectivity index is 1.43. The molecule has 0 spiro atoms. The third-order valence-electron chi connectivity index (χ3n) is 4.24. The molecular weight excluding hydrogens is 368 g/mol. The van der Waals surface area contributed by atoms with Gasteiger partial charge in [0.25, 0.3) is 5.91 Å². The van der Waals surface area contributed by atoms with Crippen LogP contribution in [0.3, 0.4) is 0 Å². The zero-order chi connectivity index (χ0) is 19.4. The summed E-state index contributed by atoms with van der Waals surface area (Å²) in [5.74, 6) is -0.0410. The third kappa shape index (κ3) is 4.97. The van der Waals surface area contributed by atoms with Crippen LogP contribution in [0.15, 0.2) is 23.4 Å². The summed E-state index contributed by atoms with van der Waals surface area (Å²) in [6.07, 6.45) is 1.36. The summed E-state index contributed by atoms with van der Waals surface area (Å²) < 4.78 is 7.42. The molecule has 0 aliphatic heterocycles. The first kappa shape index (κ1) is 19.2. The van der Waals surface area contributed by atoms with E-state index in [4.69, 9.17) is 4.74 Å². The maximum absolute atomic E-state index is 12.1. The quantitative estimate of drug-likeness (QED) is 0.542. The van der Waals surface area contributed by atoms with Gasteiger partial charge in [-0.15, -0.1) is 5.10 Å². The predicted octanol–water partition coefficient (Wildman–Crippen LogP) is 1.33. The van der Waals surface area contributed by atoms with Crippen molar-refractivity contribution in [2.75, 3.05) is 5.75 Å². The van der Waals surface area contributed by atoms with Gasteiger partial charge in [0.15, 0.2) is 6.10 Å². The second kappa shape index (κ2) is 8.38. The molecule has 1 aromatic carbocycles. The number of aryl methyl sites for hydroxylation is 1. The van der Waals surface area contributed by atoms with Gasteiger partial charge < -0.3 is 4.74 Å². The lowest BCUT2D eigenvalue weighted by Gasteiger charge is -2.17. The highest BCUT2D eigenvalue weighted by molar-refractivity contribution is 7.99. The van der Waals surface area contributed by atoms with Crippen molar-refractivity contribution >= 4 is 23.6 Å². The molecule has 0 bridgehead atoms. The van der Waals surface area contributed by atoms with E-state index in [-0.39, 0.29) is 11.7 Å². The first-order chi connectivity index (χ1) is 13.0. The third-order valence-corrected chi connectivity index (χ3v) is 5.17. The number of hydrazine groups is 1. The molecule has 1 aromatic heterocycles. The minimum Gasteiger partial charge on any atom is -0.481 e. The summed E-state index contributed by atoms with van der Waals surface area (Å²) in [7, 11) is 0. The Morgan fingerprint density at radius 2 is 2.11 bits per heavy atom. The molecule has 9 nitrogen and oxygen atoms in total. The smallest absolute Gasteiger partial charge is 0.279 e. The Hall–Kier alpha value is -2.62. The zero-order valence-corrected chi connectivity index (χ0v) is 16.2. The number of aromatic nitrogens is 4. The van der Waals surface area contributed by atoms with Gasteiger partial charge in [0, 0.05) is 0 Å². The second-order valence-electron chi connectivity index (χ2n) is 6.42. The molecule has 27 heavy (non-hydrogen) atoms. The number of tetrazole rings is 1. The maximum atomic E-state index is 12.1. The van der Waals surface area contributed by atoms with Crippen molar-refractivity contribution in [3.63, 3.8) is 0 Å². The van der Waals surface area contributed by atoms with Gasteiger partial charge in [0.2, 0.25) is 11.1 Å². The van der Waals surface area contributed by atoms with Crippen LogP contribution in [0.4, 0.5) is 0 Å². The summed E-state index contributed by atoms with van der Waals surface area (Å²) in [5, 5.41) is 12.1. The number of nitrogens with zero attached hydrogens (tertiary/aromatic N) is 4. The van der Waals surface area contributed by atoms with Gasteiger partial charge in [-0.3, -0.25) is 20.4 Å². The fourth-order valence-electron chi connectivity index (χ4n) is 2.32. The topological polar surface area (TPSA) is 111 Å². The van der Waals surface area contributed by atoms with Crippen LogP contribution in [-0.4, -0.2) is 43.9 Å². The van der Waals surface area contributed by atoms with E-state index >= 15 is 0 Å². The summed E-state index contributed by atoms with van der Waals surface area (Å²) in [4.78, 5) is 24.1. The van der Waals surface area contributed by atoms with Crippen molar-refractivity contribution in [1.82, 2.24) is 31.1 Å². The van der Waals surface area contributed by atoms with E-state index in [1.54, 1.807) is 11.6 Å². The molecule has 1 saturated carbocycles. The molecule has 10 heteroatoms. The van der Waals surface area contributed by atoms with Crippen LogP contribution < -0.4 is 15.6 Å².